The number of allylic oxidation sites excluding steroid dienone is 8. The number of carbonyl (C=O) groups is 2. The smallest absolute Gasteiger partial charge is 0.303 e. The molecule has 0 spiro atoms. The van der Waals surface area contributed by atoms with E-state index in [9.17, 15) is 9.59 Å². The first-order valence-corrected chi connectivity index (χ1v) is 13.5. The Morgan fingerprint density at radius 2 is 1.00 bits per heavy atom. The molecule has 1 N–H and O–H groups in total. The summed E-state index contributed by atoms with van der Waals surface area (Å²) in [6.07, 6.45) is 38.2. The fourth-order valence-corrected chi connectivity index (χ4v) is 3.17. The van der Waals surface area contributed by atoms with E-state index in [4.69, 9.17) is 5.11 Å². The molecule has 0 fully saturated rings. The molecule has 0 saturated carbocycles. The summed E-state index contributed by atoms with van der Waals surface area (Å²) in [6.45, 7) is 4.32. The lowest BCUT2D eigenvalue weighted by molar-refractivity contribution is -0.137. The van der Waals surface area contributed by atoms with Gasteiger partial charge in [-0.1, -0.05) is 114 Å². The molecule has 3 heteroatoms. The summed E-state index contributed by atoms with van der Waals surface area (Å²) >= 11 is 0. The third-order valence-corrected chi connectivity index (χ3v) is 5.16. The van der Waals surface area contributed by atoms with Crippen LogP contribution in [0.5, 0.6) is 0 Å². The van der Waals surface area contributed by atoms with Crippen LogP contribution in [-0.2, 0) is 9.59 Å². The van der Waals surface area contributed by atoms with Crippen LogP contribution in [0.25, 0.3) is 0 Å². The van der Waals surface area contributed by atoms with Gasteiger partial charge in [0.25, 0.3) is 0 Å². The highest BCUT2D eigenvalue weighted by Gasteiger charge is 1.95. The summed E-state index contributed by atoms with van der Waals surface area (Å²) in [6, 6.07) is 0. The predicted molar refractivity (Wildman–Crippen MR) is 145 cm³/mol. The first kappa shape index (κ1) is 33.3. The number of rotatable bonds is 22. The topological polar surface area (TPSA) is 54.4 Å². The van der Waals surface area contributed by atoms with Gasteiger partial charge in [0.1, 0.15) is 6.29 Å². The Bertz CT molecular complexity index is 515. The number of carboxylic acids is 1. The zero-order chi connectivity index (χ0) is 24.7. The molecule has 0 rings (SSSR count). The van der Waals surface area contributed by atoms with E-state index in [0.29, 0.717) is 6.42 Å². The molecule has 0 heterocycles. The summed E-state index contributed by atoms with van der Waals surface area (Å²) in [4.78, 5) is 20.3. The third kappa shape index (κ3) is 37.7. The fourth-order valence-electron chi connectivity index (χ4n) is 3.17. The van der Waals surface area contributed by atoms with Crippen LogP contribution in [0, 0.1) is 0 Å². The first-order valence-electron chi connectivity index (χ1n) is 13.5. The Kier molecular flexibility index (Phi) is 32.5. The Hall–Kier alpha value is -1.90. The van der Waals surface area contributed by atoms with E-state index in [-0.39, 0.29) is 0 Å². The molecule has 0 aliphatic heterocycles. The molecule has 0 saturated heterocycles. The lowest BCUT2D eigenvalue weighted by atomic mass is 10.1. The molecule has 0 aromatic rings. The summed E-state index contributed by atoms with van der Waals surface area (Å²) in [5.74, 6) is -0.675. The van der Waals surface area contributed by atoms with Crippen LogP contribution >= 0.6 is 0 Å². The number of hydrogen-bond donors (Lipinski definition) is 1. The van der Waals surface area contributed by atoms with Crippen molar-refractivity contribution >= 4 is 12.3 Å². The van der Waals surface area contributed by atoms with E-state index in [1.54, 1.807) is 0 Å². The Morgan fingerprint density at radius 3 is 1.45 bits per heavy atom. The van der Waals surface area contributed by atoms with Crippen molar-refractivity contribution in [2.75, 3.05) is 0 Å². The normalized spacial score (nSPS) is 11.6. The van der Waals surface area contributed by atoms with Gasteiger partial charge in [-0.25, -0.2) is 0 Å². The molecule has 0 aliphatic rings. The van der Waals surface area contributed by atoms with E-state index in [1.165, 1.54) is 64.2 Å². The summed E-state index contributed by atoms with van der Waals surface area (Å²) in [5.41, 5.74) is 0. The largest absolute Gasteiger partial charge is 0.481 e. The van der Waals surface area contributed by atoms with Crippen LogP contribution in [-0.4, -0.2) is 17.4 Å². The molecule has 0 aromatic heterocycles. The monoisotopic (exact) mass is 460 g/mol. The zero-order valence-electron chi connectivity index (χ0n) is 21.7. The van der Waals surface area contributed by atoms with E-state index in [0.717, 1.165) is 51.2 Å². The Labute approximate surface area is 205 Å². The highest BCUT2D eigenvalue weighted by molar-refractivity contribution is 5.66. The maximum absolute atomic E-state index is 10.2. The number of carbonyl (C=O) groups excluding carboxylic acids is 1. The second kappa shape index (κ2) is 32.3. The molecule has 0 aliphatic carbocycles. The van der Waals surface area contributed by atoms with E-state index >= 15 is 0 Å². The lowest BCUT2D eigenvalue weighted by Gasteiger charge is -1.98. The van der Waals surface area contributed by atoms with Crippen molar-refractivity contribution in [1.29, 1.82) is 0 Å². The van der Waals surface area contributed by atoms with Crippen LogP contribution in [0.15, 0.2) is 48.6 Å². The Morgan fingerprint density at radius 1 is 0.576 bits per heavy atom. The molecule has 0 amide bonds. The van der Waals surface area contributed by atoms with Gasteiger partial charge < -0.3 is 9.90 Å². The molecule has 0 unspecified atom stereocenters. The Balaban J connectivity index is 0. The number of aliphatic carboxylic acids is 1. The molecule has 3 nitrogen and oxygen atoms in total. The highest BCUT2D eigenvalue weighted by atomic mass is 16.4. The van der Waals surface area contributed by atoms with Crippen molar-refractivity contribution in [3.63, 3.8) is 0 Å². The third-order valence-electron chi connectivity index (χ3n) is 5.16. The van der Waals surface area contributed by atoms with Gasteiger partial charge in [0.05, 0.1) is 0 Å². The first-order chi connectivity index (χ1) is 16.2. The van der Waals surface area contributed by atoms with E-state index in [2.05, 4.69) is 62.5 Å². The van der Waals surface area contributed by atoms with Crippen molar-refractivity contribution < 1.29 is 14.7 Å². The molecule has 0 bridgehead atoms. The minimum atomic E-state index is -0.675. The standard InChI is InChI=1S/C16H28O.C14H24O2/c1-2-3-4-5-6-7-8-9-10-11-12-13-14-15-16-17;1-2-3-4-5-6-7-8-9-10-11-12-13-14(15)16/h4-7,16H,2-3,8-15H2,1H3;3-6H,2,7-13H2,1H3,(H,15,16)/b5-4+,7-6-;4-3-,6-5-. The average Bonchev–Trinajstić information content (AvgIpc) is 2.81. The van der Waals surface area contributed by atoms with Gasteiger partial charge in [0.2, 0.25) is 0 Å². The van der Waals surface area contributed by atoms with Crippen LogP contribution in [0.1, 0.15) is 129 Å². The molecule has 0 aromatic carbocycles. The number of hydrogen-bond acceptors (Lipinski definition) is 2. The second-order valence-corrected chi connectivity index (χ2v) is 8.48. The van der Waals surface area contributed by atoms with Crippen LogP contribution in [0.4, 0.5) is 0 Å². The maximum Gasteiger partial charge on any atom is 0.303 e. The number of aldehydes is 1. The minimum Gasteiger partial charge on any atom is -0.481 e. The van der Waals surface area contributed by atoms with Gasteiger partial charge in [-0.3, -0.25) is 4.79 Å². The molecule has 33 heavy (non-hydrogen) atoms. The van der Waals surface area contributed by atoms with Gasteiger partial charge in [-0.05, 0) is 51.4 Å². The van der Waals surface area contributed by atoms with Gasteiger partial charge in [-0.2, -0.15) is 0 Å². The van der Waals surface area contributed by atoms with Gasteiger partial charge >= 0.3 is 5.97 Å². The maximum atomic E-state index is 10.2. The van der Waals surface area contributed by atoms with E-state index in [1.807, 2.05) is 0 Å². The summed E-state index contributed by atoms with van der Waals surface area (Å²) < 4.78 is 0. The van der Waals surface area contributed by atoms with Crippen LogP contribution in [0.3, 0.4) is 0 Å². The lowest BCUT2D eigenvalue weighted by Crippen LogP contribution is -1.93. The van der Waals surface area contributed by atoms with Crippen LogP contribution in [0.2, 0.25) is 0 Å². The van der Waals surface area contributed by atoms with Crippen molar-refractivity contribution in [3.8, 4) is 0 Å². The fraction of sp³-hybridized carbons (Fsp3) is 0.667. The number of unbranched alkanes of at least 4 members (excludes halogenated alkanes) is 13. The van der Waals surface area contributed by atoms with E-state index < -0.39 is 5.97 Å². The predicted octanol–water partition coefficient (Wildman–Crippen LogP) is 9.54. The van der Waals surface area contributed by atoms with Crippen molar-refractivity contribution in [3.05, 3.63) is 48.6 Å². The molecule has 0 atom stereocenters. The molecular formula is C30H52O3. The summed E-state index contributed by atoms with van der Waals surface area (Å²) in [7, 11) is 0. The second-order valence-electron chi connectivity index (χ2n) is 8.48. The van der Waals surface area contributed by atoms with Gasteiger partial charge in [0.15, 0.2) is 0 Å². The number of carboxylic acid groups (broad SMARTS) is 1. The highest BCUT2D eigenvalue weighted by Crippen LogP contribution is 2.09. The minimum absolute atomic E-state index is 0.321. The van der Waals surface area contributed by atoms with Crippen molar-refractivity contribution in [2.45, 2.75) is 129 Å². The molecule has 0 radical (unpaired) electrons. The van der Waals surface area contributed by atoms with Crippen LogP contribution < -0.4 is 0 Å². The summed E-state index contributed by atoms with van der Waals surface area (Å²) in [5, 5.41) is 8.44. The SMILES string of the molecule is CC/C=C\C=C/CCCCCCCC(=O)O.CCC/C=C/C=C\CCCCCCCCC=O. The molecule has 190 valence electrons. The zero-order valence-corrected chi connectivity index (χ0v) is 21.7. The van der Waals surface area contributed by atoms with Gasteiger partial charge in [0, 0.05) is 12.8 Å². The van der Waals surface area contributed by atoms with Gasteiger partial charge in [-0.15, -0.1) is 0 Å². The van der Waals surface area contributed by atoms with Crippen molar-refractivity contribution in [2.24, 2.45) is 0 Å². The molecular weight excluding hydrogens is 408 g/mol. The average molecular weight is 461 g/mol. The van der Waals surface area contributed by atoms with Crippen molar-refractivity contribution in [1.82, 2.24) is 0 Å². The quantitative estimate of drug-likeness (QED) is 0.0993.